The number of benzene rings is 2. The van der Waals surface area contributed by atoms with Crippen molar-refractivity contribution in [2.75, 3.05) is 12.0 Å². The summed E-state index contributed by atoms with van der Waals surface area (Å²) in [4.78, 5) is 28.8. The average Bonchev–Trinajstić information content (AvgIpc) is 3.26. The number of thioether (sulfide) groups is 1. The van der Waals surface area contributed by atoms with Crippen LogP contribution in [0.5, 0.6) is 0 Å². The second-order valence-electron chi connectivity index (χ2n) is 6.11. The molecule has 0 saturated carbocycles. The molecule has 2 aromatic carbocycles. The number of carbonyl (C=O) groups excluding carboxylic acids is 1. The molecule has 1 atom stereocenters. The molecule has 3 aromatic rings. The van der Waals surface area contributed by atoms with Crippen LogP contribution in [0.3, 0.4) is 0 Å². The van der Waals surface area contributed by atoms with Gasteiger partial charge in [-0.25, -0.2) is 9.78 Å². The predicted molar refractivity (Wildman–Crippen MR) is 115 cm³/mol. The lowest BCUT2D eigenvalue weighted by Crippen LogP contribution is -2.41. The first-order valence-corrected chi connectivity index (χ1v) is 11.0. The summed E-state index contributed by atoms with van der Waals surface area (Å²) < 4.78 is 0. The van der Waals surface area contributed by atoms with E-state index in [0.717, 1.165) is 21.7 Å². The number of carbonyl (C=O) groups is 2. The first kappa shape index (κ1) is 20.1. The van der Waals surface area contributed by atoms with Crippen molar-refractivity contribution in [1.29, 1.82) is 0 Å². The molecule has 0 spiro atoms. The van der Waals surface area contributed by atoms with Crippen LogP contribution < -0.4 is 5.32 Å². The fourth-order valence-electron chi connectivity index (χ4n) is 2.83. The number of nitrogens with zero attached hydrogens (tertiary/aromatic N) is 1. The number of hydrogen-bond donors (Lipinski definition) is 2. The maximum absolute atomic E-state index is 12.9. The molecule has 0 aliphatic heterocycles. The fourth-order valence-corrected chi connectivity index (χ4v) is 3.93. The van der Waals surface area contributed by atoms with Gasteiger partial charge in [-0.2, -0.15) is 11.8 Å². The number of hydrogen-bond acceptors (Lipinski definition) is 5. The van der Waals surface area contributed by atoms with E-state index in [0.29, 0.717) is 17.7 Å². The maximum Gasteiger partial charge on any atom is 0.326 e. The molecule has 1 amide bonds. The van der Waals surface area contributed by atoms with Gasteiger partial charge in [-0.3, -0.25) is 4.79 Å². The number of rotatable bonds is 8. The van der Waals surface area contributed by atoms with Gasteiger partial charge < -0.3 is 10.4 Å². The summed E-state index contributed by atoms with van der Waals surface area (Å²) in [5.41, 5.74) is 3.01. The lowest BCUT2D eigenvalue weighted by Gasteiger charge is -2.16. The highest BCUT2D eigenvalue weighted by molar-refractivity contribution is 7.98. The van der Waals surface area contributed by atoms with Crippen molar-refractivity contribution < 1.29 is 14.7 Å². The molecule has 2 N–H and O–H groups in total. The second kappa shape index (κ2) is 9.52. The van der Waals surface area contributed by atoms with Crippen molar-refractivity contribution in [3.8, 4) is 21.7 Å². The van der Waals surface area contributed by atoms with Gasteiger partial charge in [-0.15, -0.1) is 11.3 Å². The van der Waals surface area contributed by atoms with Crippen LogP contribution in [-0.2, 0) is 4.79 Å². The van der Waals surface area contributed by atoms with Crippen LogP contribution in [0, 0.1) is 0 Å². The van der Waals surface area contributed by atoms with Crippen molar-refractivity contribution in [2.24, 2.45) is 0 Å². The second-order valence-corrected chi connectivity index (χ2v) is 7.99. The highest BCUT2D eigenvalue weighted by Gasteiger charge is 2.22. The molecule has 1 heterocycles. The van der Waals surface area contributed by atoms with Crippen LogP contribution in [0.1, 0.15) is 16.8 Å². The van der Waals surface area contributed by atoms with Gasteiger partial charge in [-0.05, 0) is 41.7 Å². The van der Waals surface area contributed by atoms with Crippen molar-refractivity contribution in [1.82, 2.24) is 10.3 Å². The summed E-state index contributed by atoms with van der Waals surface area (Å²) >= 11 is 3.08. The third-order valence-electron chi connectivity index (χ3n) is 4.24. The van der Waals surface area contributed by atoms with Crippen LogP contribution >= 0.6 is 23.1 Å². The largest absolute Gasteiger partial charge is 0.480 e. The summed E-state index contributed by atoms with van der Waals surface area (Å²) in [6, 6.07) is 14.2. The molecular formula is C21H20N2O3S2. The number of carboxylic acids is 1. The number of carboxylic acid groups (broad SMARTS) is 1. The standard InChI is InChI=1S/C21H20N2O3S2/c1-27-11-9-18(21(25)26)23-19(24)16-8-7-15(20-22-10-12-28-20)13-17(16)14-5-3-2-4-6-14/h2-8,10,12-13,18H,9,11H2,1H3,(H,23,24)(H,25,26)/t18-/m0/s1. The first-order chi connectivity index (χ1) is 13.6. The van der Waals surface area contributed by atoms with E-state index in [1.807, 2.05) is 54.1 Å². The highest BCUT2D eigenvalue weighted by atomic mass is 32.2. The van der Waals surface area contributed by atoms with E-state index in [-0.39, 0.29) is 0 Å². The quantitative estimate of drug-likeness (QED) is 0.573. The highest BCUT2D eigenvalue weighted by Crippen LogP contribution is 2.30. The minimum absolute atomic E-state index is 0.375. The molecular weight excluding hydrogens is 392 g/mol. The van der Waals surface area contributed by atoms with Crippen molar-refractivity contribution >= 4 is 35.0 Å². The van der Waals surface area contributed by atoms with Crippen molar-refractivity contribution in [3.63, 3.8) is 0 Å². The Kier molecular flexibility index (Phi) is 6.84. The zero-order valence-electron chi connectivity index (χ0n) is 15.3. The lowest BCUT2D eigenvalue weighted by atomic mass is 9.96. The van der Waals surface area contributed by atoms with E-state index < -0.39 is 17.9 Å². The third kappa shape index (κ3) is 4.79. The van der Waals surface area contributed by atoms with Gasteiger partial charge >= 0.3 is 5.97 Å². The number of aromatic nitrogens is 1. The number of amides is 1. The van der Waals surface area contributed by atoms with Gasteiger partial charge in [0.25, 0.3) is 5.91 Å². The van der Waals surface area contributed by atoms with E-state index in [1.54, 1.807) is 24.0 Å². The monoisotopic (exact) mass is 412 g/mol. The molecule has 3 rings (SSSR count). The molecule has 0 radical (unpaired) electrons. The smallest absolute Gasteiger partial charge is 0.326 e. The van der Waals surface area contributed by atoms with E-state index in [4.69, 9.17) is 0 Å². The van der Waals surface area contributed by atoms with Crippen LogP contribution in [0.4, 0.5) is 0 Å². The van der Waals surface area contributed by atoms with Crippen LogP contribution in [0.2, 0.25) is 0 Å². The Balaban J connectivity index is 1.97. The molecule has 1 aromatic heterocycles. The number of thiazole rings is 1. The summed E-state index contributed by atoms with van der Waals surface area (Å²) in [6.45, 7) is 0. The Hall–Kier alpha value is -2.64. The molecule has 5 nitrogen and oxygen atoms in total. The summed E-state index contributed by atoms with van der Waals surface area (Å²) in [6.07, 6.45) is 4.03. The fraction of sp³-hybridized carbons (Fsp3) is 0.190. The van der Waals surface area contributed by atoms with Gasteiger partial charge in [0.1, 0.15) is 11.0 Å². The van der Waals surface area contributed by atoms with Crippen LogP contribution in [-0.4, -0.2) is 40.0 Å². The molecule has 0 saturated heterocycles. The van der Waals surface area contributed by atoms with Crippen molar-refractivity contribution in [3.05, 3.63) is 65.7 Å². The number of aliphatic carboxylic acids is 1. The zero-order chi connectivity index (χ0) is 19.9. The Morgan fingerprint density at radius 1 is 1.18 bits per heavy atom. The van der Waals surface area contributed by atoms with Gasteiger partial charge in [0, 0.05) is 22.7 Å². The zero-order valence-corrected chi connectivity index (χ0v) is 16.9. The summed E-state index contributed by atoms with van der Waals surface area (Å²) in [5.74, 6) is -0.757. The van der Waals surface area contributed by atoms with E-state index in [2.05, 4.69) is 10.3 Å². The van der Waals surface area contributed by atoms with Gasteiger partial charge in [0.2, 0.25) is 0 Å². The average molecular weight is 413 g/mol. The van der Waals surface area contributed by atoms with E-state index in [1.165, 1.54) is 11.3 Å². The van der Waals surface area contributed by atoms with Crippen LogP contribution in [0.15, 0.2) is 60.1 Å². The molecule has 0 aliphatic rings. The SMILES string of the molecule is CSCC[C@H](NC(=O)c1ccc(-c2nccs2)cc1-c1ccccc1)C(=O)O. The molecule has 0 aliphatic carbocycles. The Morgan fingerprint density at radius 3 is 2.61 bits per heavy atom. The summed E-state index contributed by atoms with van der Waals surface area (Å²) in [5, 5.41) is 14.9. The number of nitrogens with one attached hydrogen (secondary N) is 1. The minimum Gasteiger partial charge on any atom is -0.480 e. The molecule has 0 unspecified atom stereocenters. The Morgan fingerprint density at radius 2 is 1.96 bits per heavy atom. The maximum atomic E-state index is 12.9. The molecule has 7 heteroatoms. The van der Waals surface area contributed by atoms with Gasteiger partial charge in [0.05, 0.1) is 0 Å². The normalized spacial score (nSPS) is 11.8. The van der Waals surface area contributed by atoms with Crippen molar-refractivity contribution in [2.45, 2.75) is 12.5 Å². The van der Waals surface area contributed by atoms with E-state index >= 15 is 0 Å². The Labute approximate surface area is 171 Å². The summed E-state index contributed by atoms with van der Waals surface area (Å²) in [7, 11) is 0. The molecule has 0 bridgehead atoms. The predicted octanol–water partition coefficient (Wildman–Crippen LogP) is 4.41. The van der Waals surface area contributed by atoms with Crippen LogP contribution in [0.25, 0.3) is 21.7 Å². The molecule has 28 heavy (non-hydrogen) atoms. The minimum atomic E-state index is -1.02. The van der Waals surface area contributed by atoms with E-state index in [9.17, 15) is 14.7 Å². The lowest BCUT2D eigenvalue weighted by molar-refractivity contribution is -0.139. The Bertz CT molecular complexity index is 944. The first-order valence-electron chi connectivity index (χ1n) is 8.72. The molecule has 144 valence electrons. The molecule has 0 fully saturated rings. The topological polar surface area (TPSA) is 79.3 Å². The third-order valence-corrected chi connectivity index (χ3v) is 5.71. The van der Waals surface area contributed by atoms with Gasteiger partial charge in [-0.1, -0.05) is 36.4 Å². The van der Waals surface area contributed by atoms with Gasteiger partial charge in [0.15, 0.2) is 0 Å².